The molecule has 0 aromatic rings. The van der Waals surface area contributed by atoms with Gasteiger partial charge in [0.25, 0.3) is 0 Å². The molecule has 13 heavy (non-hydrogen) atoms. The third-order valence-corrected chi connectivity index (χ3v) is 3.28. The van der Waals surface area contributed by atoms with Gasteiger partial charge in [-0.25, -0.2) is 0 Å². The molecule has 0 spiro atoms. The summed E-state index contributed by atoms with van der Waals surface area (Å²) in [5, 5.41) is 16.4. The Kier molecular flexibility index (Phi) is 3.71. The van der Waals surface area contributed by atoms with Crippen LogP contribution in [0.2, 0.25) is 0 Å². The molecule has 1 heterocycles. The van der Waals surface area contributed by atoms with Crippen LogP contribution in [0.15, 0.2) is 0 Å². The van der Waals surface area contributed by atoms with E-state index in [1.807, 2.05) is 6.92 Å². The number of hydrogen-bond acceptors (Lipinski definition) is 3. The van der Waals surface area contributed by atoms with Crippen molar-refractivity contribution in [3.8, 4) is 0 Å². The van der Waals surface area contributed by atoms with E-state index >= 15 is 0 Å². The lowest BCUT2D eigenvalue weighted by Gasteiger charge is -2.38. The van der Waals surface area contributed by atoms with Crippen molar-refractivity contribution in [2.75, 3.05) is 6.54 Å². The Morgan fingerprint density at radius 1 is 1.23 bits per heavy atom. The normalized spacial score (nSPS) is 39.9. The van der Waals surface area contributed by atoms with Crippen LogP contribution in [0.25, 0.3) is 0 Å². The predicted molar refractivity (Wildman–Crippen MR) is 54.7 cm³/mol. The molecule has 0 radical (unpaired) electrons. The smallest absolute Gasteiger partial charge is 0.0552 e. The SMILES string of the molecule is CC(O)C(C)C1CNC(C)C(C)N1. The lowest BCUT2D eigenvalue weighted by Crippen LogP contribution is -2.61. The summed E-state index contributed by atoms with van der Waals surface area (Å²) in [5.74, 6) is 0.308. The lowest BCUT2D eigenvalue weighted by molar-refractivity contribution is 0.0948. The number of aliphatic hydroxyl groups is 1. The quantitative estimate of drug-likeness (QED) is 0.583. The molecule has 3 N–H and O–H groups in total. The van der Waals surface area contributed by atoms with Gasteiger partial charge in [-0.15, -0.1) is 0 Å². The maximum absolute atomic E-state index is 9.46. The molecule has 3 nitrogen and oxygen atoms in total. The summed E-state index contributed by atoms with van der Waals surface area (Å²) < 4.78 is 0. The zero-order valence-corrected chi connectivity index (χ0v) is 9.04. The summed E-state index contributed by atoms with van der Waals surface area (Å²) in [4.78, 5) is 0. The van der Waals surface area contributed by atoms with Gasteiger partial charge in [0.15, 0.2) is 0 Å². The van der Waals surface area contributed by atoms with E-state index in [1.54, 1.807) is 0 Å². The number of piperazine rings is 1. The molecule has 0 aliphatic carbocycles. The van der Waals surface area contributed by atoms with Gasteiger partial charge in [-0.2, -0.15) is 0 Å². The Morgan fingerprint density at radius 3 is 2.31 bits per heavy atom. The second-order valence-electron chi connectivity index (χ2n) is 4.36. The van der Waals surface area contributed by atoms with Crippen molar-refractivity contribution in [2.45, 2.75) is 51.9 Å². The van der Waals surface area contributed by atoms with Crippen LogP contribution in [0.1, 0.15) is 27.7 Å². The summed E-state index contributed by atoms with van der Waals surface area (Å²) in [7, 11) is 0. The van der Waals surface area contributed by atoms with Crippen LogP contribution in [0.5, 0.6) is 0 Å². The molecule has 1 saturated heterocycles. The molecule has 1 aliphatic rings. The summed E-state index contributed by atoms with van der Waals surface area (Å²) in [6.07, 6.45) is -0.236. The predicted octanol–water partition coefficient (Wildman–Crippen LogP) is 0.342. The van der Waals surface area contributed by atoms with Gasteiger partial charge in [-0.05, 0) is 26.7 Å². The van der Waals surface area contributed by atoms with Gasteiger partial charge in [0.05, 0.1) is 6.10 Å². The van der Waals surface area contributed by atoms with Crippen LogP contribution in [-0.4, -0.2) is 35.9 Å². The van der Waals surface area contributed by atoms with E-state index in [-0.39, 0.29) is 6.10 Å². The first kappa shape index (κ1) is 11.0. The van der Waals surface area contributed by atoms with Crippen LogP contribution in [0.4, 0.5) is 0 Å². The number of nitrogens with one attached hydrogen (secondary N) is 2. The van der Waals surface area contributed by atoms with E-state index in [0.717, 1.165) is 6.54 Å². The molecule has 1 aliphatic heterocycles. The minimum absolute atomic E-state index is 0.236. The Morgan fingerprint density at radius 2 is 1.85 bits per heavy atom. The van der Waals surface area contributed by atoms with E-state index in [9.17, 15) is 5.11 Å². The summed E-state index contributed by atoms with van der Waals surface area (Å²) in [6.45, 7) is 9.26. The van der Waals surface area contributed by atoms with Crippen molar-refractivity contribution < 1.29 is 5.11 Å². The highest BCUT2D eigenvalue weighted by atomic mass is 16.3. The van der Waals surface area contributed by atoms with Crippen LogP contribution >= 0.6 is 0 Å². The molecular formula is C10H22N2O. The highest BCUT2D eigenvalue weighted by Gasteiger charge is 2.28. The minimum atomic E-state index is -0.236. The average molecular weight is 186 g/mol. The van der Waals surface area contributed by atoms with Crippen LogP contribution in [-0.2, 0) is 0 Å². The Balaban J connectivity index is 2.45. The third-order valence-electron chi connectivity index (χ3n) is 3.28. The summed E-state index contributed by atoms with van der Waals surface area (Å²) in [6, 6.07) is 1.41. The second-order valence-corrected chi connectivity index (χ2v) is 4.36. The van der Waals surface area contributed by atoms with Crippen LogP contribution in [0.3, 0.4) is 0 Å². The third kappa shape index (κ3) is 2.66. The van der Waals surface area contributed by atoms with E-state index in [1.165, 1.54) is 0 Å². The van der Waals surface area contributed by atoms with Crippen LogP contribution < -0.4 is 10.6 Å². The number of rotatable bonds is 2. The van der Waals surface area contributed by atoms with Crippen molar-refractivity contribution in [1.82, 2.24) is 10.6 Å². The standard InChI is InChI=1S/C10H22N2O/c1-6(9(4)13)10-5-11-7(2)8(3)12-10/h6-13H,5H2,1-4H3. The number of aliphatic hydroxyl groups excluding tert-OH is 1. The Labute approximate surface area is 80.9 Å². The maximum atomic E-state index is 9.46. The highest BCUT2D eigenvalue weighted by Crippen LogP contribution is 2.12. The van der Waals surface area contributed by atoms with Crippen LogP contribution in [0, 0.1) is 5.92 Å². The molecule has 1 fully saturated rings. The maximum Gasteiger partial charge on any atom is 0.0552 e. The lowest BCUT2D eigenvalue weighted by atomic mass is 9.92. The van der Waals surface area contributed by atoms with Crippen molar-refractivity contribution in [3.63, 3.8) is 0 Å². The van der Waals surface area contributed by atoms with Gasteiger partial charge in [-0.3, -0.25) is 0 Å². The van der Waals surface area contributed by atoms with Gasteiger partial charge in [0.1, 0.15) is 0 Å². The molecule has 0 amide bonds. The van der Waals surface area contributed by atoms with E-state index in [2.05, 4.69) is 31.4 Å². The van der Waals surface area contributed by atoms with Gasteiger partial charge >= 0.3 is 0 Å². The largest absolute Gasteiger partial charge is 0.393 e. The van der Waals surface area contributed by atoms with Crippen molar-refractivity contribution in [2.24, 2.45) is 5.92 Å². The average Bonchev–Trinajstić information content (AvgIpc) is 2.08. The first-order valence-corrected chi connectivity index (χ1v) is 5.20. The first-order valence-electron chi connectivity index (χ1n) is 5.20. The van der Waals surface area contributed by atoms with Crippen molar-refractivity contribution in [3.05, 3.63) is 0 Å². The fourth-order valence-electron chi connectivity index (χ4n) is 1.70. The fraction of sp³-hybridized carbons (Fsp3) is 1.00. The molecular weight excluding hydrogens is 164 g/mol. The molecule has 1 rings (SSSR count). The number of hydrogen-bond donors (Lipinski definition) is 3. The molecule has 0 aromatic heterocycles. The Bertz CT molecular complexity index is 161. The fourth-order valence-corrected chi connectivity index (χ4v) is 1.70. The zero-order valence-electron chi connectivity index (χ0n) is 9.04. The molecule has 78 valence electrons. The minimum Gasteiger partial charge on any atom is -0.393 e. The Hall–Kier alpha value is -0.120. The molecule has 0 saturated carbocycles. The van der Waals surface area contributed by atoms with Gasteiger partial charge < -0.3 is 15.7 Å². The summed E-state index contributed by atoms with van der Waals surface area (Å²) in [5.41, 5.74) is 0. The first-order chi connectivity index (χ1) is 6.02. The molecule has 0 bridgehead atoms. The topological polar surface area (TPSA) is 44.3 Å². The van der Waals surface area contributed by atoms with Crippen molar-refractivity contribution in [1.29, 1.82) is 0 Å². The summed E-state index contributed by atoms with van der Waals surface area (Å²) >= 11 is 0. The van der Waals surface area contributed by atoms with E-state index in [0.29, 0.717) is 24.0 Å². The van der Waals surface area contributed by atoms with Crippen molar-refractivity contribution >= 4 is 0 Å². The van der Waals surface area contributed by atoms with E-state index < -0.39 is 0 Å². The molecule has 5 atom stereocenters. The molecule has 3 heteroatoms. The molecule has 5 unspecified atom stereocenters. The second kappa shape index (κ2) is 4.40. The molecule has 0 aromatic carbocycles. The van der Waals surface area contributed by atoms with Gasteiger partial charge in [0.2, 0.25) is 0 Å². The van der Waals surface area contributed by atoms with E-state index in [4.69, 9.17) is 0 Å². The van der Waals surface area contributed by atoms with Gasteiger partial charge in [-0.1, -0.05) is 6.92 Å². The highest BCUT2D eigenvalue weighted by molar-refractivity contribution is 4.90. The monoisotopic (exact) mass is 186 g/mol. The zero-order chi connectivity index (χ0) is 10.0. The van der Waals surface area contributed by atoms with Gasteiger partial charge in [0, 0.05) is 24.7 Å².